The van der Waals surface area contributed by atoms with Crippen LogP contribution in [0.5, 0.6) is 5.75 Å². The number of carbonyl (C=O) groups excluding carboxylic acids is 2. The molecule has 224 valence electrons. The van der Waals surface area contributed by atoms with Crippen molar-refractivity contribution in [1.82, 2.24) is 0 Å². The minimum absolute atomic E-state index is 0.00229. The topological polar surface area (TPSA) is 66.4 Å². The second kappa shape index (κ2) is 13.9. The molecule has 1 amide bonds. The van der Waals surface area contributed by atoms with Gasteiger partial charge >= 0.3 is 6.18 Å². The van der Waals surface area contributed by atoms with Crippen LogP contribution < -0.4 is 5.32 Å². The molecule has 41 heavy (non-hydrogen) atoms. The Kier molecular flexibility index (Phi) is 10.5. The van der Waals surface area contributed by atoms with Crippen molar-refractivity contribution in [1.29, 1.82) is 0 Å². The molecule has 0 spiro atoms. The molecule has 4 nitrogen and oxygen atoms in total. The SMILES string of the molecule is CC(=O)[C@H](CCCCCC1CCC(CCC2Cc3ccccc3NC2=O)CC1)Cc1cc(C)c(O)c(C(F)(F)F)c1. The van der Waals surface area contributed by atoms with Gasteiger partial charge in [0.05, 0.1) is 5.56 Å². The lowest BCUT2D eigenvalue weighted by Crippen LogP contribution is -2.30. The van der Waals surface area contributed by atoms with E-state index in [1.54, 1.807) is 6.07 Å². The van der Waals surface area contributed by atoms with Crippen LogP contribution in [0.25, 0.3) is 0 Å². The summed E-state index contributed by atoms with van der Waals surface area (Å²) < 4.78 is 39.9. The molecule has 4 rings (SSSR count). The summed E-state index contributed by atoms with van der Waals surface area (Å²) in [6, 6.07) is 10.6. The Morgan fingerprint density at radius 2 is 1.68 bits per heavy atom. The summed E-state index contributed by atoms with van der Waals surface area (Å²) >= 11 is 0. The molecule has 2 atom stereocenters. The van der Waals surface area contributed by atoms with Gasteiger partial charge in [0.1, 0.15) is 11.5 Å². The van der Waals surface area contributed by atoms with Gasteiger partial charge in [-0.05, 0) is 86.6 Å². The van der Waals surface area contributed by atoms with Crippen molar-refractivity contribution < 1.29 is 27.9 Å². The number of phenols is 1. The van der Waals surface area contributed by atoms with Gasteiger partial charge in [-0.15, -0.1) is 0 Å². The summed E-state index contributed by atoms with van der Waals surface area (Å²) in [4.78, 5) is 24.8. The van der Waals surface area contributed by atoms with Crippen LogP contribution in [0.1, 0.15) is 99.8 Å². The van der Waals surface area contributed by atoms with E-state index in [0.29, 0.717) is 17.9 Å². The maximum Gasteiger partial charge on any atom is 0.419 e. The molecule has 2 aliphatic rings. The van der Waals surface area contributed by atoms with Gasteiger partial charge in [0, 0.05) is 17.5 Å². The van der Waals surface area contributed by atoms with E-state index >= 15 is 0 Å². The molecule has 1 unspecified atom stereocenters. The van der Waals surface area contributed by atoms with E-state index < -0.39 is 17.5 Å². The number of fused-ring (bicyclic) bond motifs is 1. The summed E-state index contributed by atoms with van der Waals surface area (Å²) in [5.41, 5.74) is 1.78. The van der Waals surface area contributed by atoms with Gasteiger partial charge in [0.25, 0.3) is 0 Å². The van der Waals surface area contributed by atoms with Gasteiger partial charge in [-0.1, -0.05) is 75.6 Å². The van der Waals surface area contributed by atoms with Gasteiger partial charge in [-0.25, -0.2) is 0 Å². The first-order valence-electron chi connectivity index (χ1n) is 15.3. The number of ketones is 1. The van der Waals surface area contributed by atoms with Crippen LogP contribution in [0.3, 0.4) is 0 Å². The standard InChI is InChI=1S/C34H44F3NO3/c1-22-18-26(20-30(32(22)40)34(35,36)37)19-27(23(2)39)9-5-3-4-8-24-12-14-25(15-13-24)16-17-29-21-28-10-6-7-11-31(28)38-33(29)41/h6-7,10-11,18,20,24-25,27,29,40H,3-5,8-9,12-17,19,21H2,1-2H3,(H,38,41)/t24?,25?,27-,29?/m1/s1. The molecule has 2 aromatic rings. The van der Waals surface area contributed by atoms with Crippen LogP contribution in [0.2, 0.25) is 0 Å². The lowest BCUT2D eigenvalue weighted by Gasteiger charge is -2.30. The van der Waals surface area contributed by atoms with Crippen molar-refractivity contribution in [3.05, 3.63) is 58.7 Å². The van der Waals surface area contributed by atoms with Crippen LogP contribution in [-0.2, 0) is 28.6 Å². The zero-order chi connectivity index (χ0) is 29.6. The summed E-state index contributed by atoms with van der Waals surface area (Å²) in [7, 11) is 0. The number of unbranched alkanes of at least 4 members (excludes halogenated alkanes) is 2. The number of aromatic hydroxyl groups is 1. The number of phenolic OH excluding ortho intramolecular Hbond substituents is 1. The highest BCUT2D eigenvalue weighted by Gasteiger charge is 2.35. The summed E-state index contributed by atoms with van der Waals surface area (Å²) in [5.74, 6) is 0.624. The van der Waals surface area contributed by atoms with Crippen molar-refractivity contribution in [2.45, 2.75) is 103 Å². The van der Waals surface area contributed by atoms with Crippen molar-refractivity contribution in [3.63, 3.8) is 0 Å². The molecule has 0 saturated heterocycles. The smallest absolute Gasteiger partial charge is 0.419 e. The summed E-state index contributed by atoms with van der Waals surface area (Å²) in [6.45, 7) is 2.97. The van der Waals surface area contributed by atoms with E-state index in [2.05, 4.69) is 11.4 Å². The van der Waals surface area contributed by atoms with Crippen LogP contribution in [0, 0.1) is 30.6 Å². The number of hydrogen-bond donors (Lipinski definition) is 2. The molecule has 1 heterocycles. The third kappa shape index (κ3) is 8.59. The minimum Gasteiger partial charge on any atom is -0.507 e. The second-order valence-electron chi connectivity index (χ2n) is 12.5. The number of rotatable bonds is 12. The Balaban J connectivity index is 1.13. The van der Waals surface area contributed by atoms with Gasteiger partial charge in [-0.3, -0.25) is 9.59 Å². The molecule has 0 radical (unpaired) electrons. The first-order valence-corrected chi connectivity index (χ1v) is 15.3. The second-order valence-corrected chi connectivity index (χ2v) is 12.5. The van der Waals surface area contributed by atoms with E-state index in [-0.39, 0.29) is 35.5 Å². The number of carbonyl (C=O) groups is 2. The minimum atomic E-state index is -4.63. The molecule has 0 bridgehead atoms. The quantitative estimate of drug-likeness (QED) is 0.250. The molecule has 1 fully saturated rings. The Labute approximate surface area is 242 Å². The average Bonchev–Trinajstić information content (AvgIpc) is 2.92. The lowest BCUT2D eigenvalue weighted by molar-refractivity contribution is -0.138. The van der Waals surface area contributed by atoms with E-state index in [1.165, 1.54) is 51.5 Å². The third-order valence-electron chi connectivity index (χ3n) is 9.39. The molecule has 1 aliphatic carbocycles. The number of anilines is 1. The van der Waals surface area contributed by atoms with Crippen LogP contribution in [0.15, 0.2) is 36.4 Å². The maximum atomic E-state index is 13.3. The highest BCUT2D eigenvalue weighted by Crippen LogP contribution is 2.39. The lowest BCUT2D eigenvalue weighted by atomic mass is 9.76. The fraction of sp³-hybridized carbons (Fsp3) is 0.588. The Morgan fingerprint density at radius 1 is 1.00 bits per heavy atom. The fourth-order valence-corrected chi connectivity index (χ4v) is 6.81. The normalized spacial score (nSPS) is 21.7. The number of halogens is 3. The molecule has 7 heteroatoms. The van der Waals surface area contributed by atoms with Crippen molar-refractivity contribution in [2.24, 2.45) is 23.7 Å². The molecule has 1 aliphatic heterocycles. The van der Waals surface area contributed by atoms with Crippen molar-refractivity contribution in [2.75, 3.05) is 5.32 Å². The van der Waals surface area contributed by atoms with Gasteiger partial charge in [-0.2, -0.15) is 13.2 Å². The first kappa shape index (κ1) is 31.1. The predicted octanol–water partition coefficient (Wildman–Crippen LogP) is 8.82. The van der Waals surface area contributed by atoms with E-state index in [9.17, 15) is 27.9 Å². The monoisotopic (exact) mass is 571 g/mol. The number of alkyl halides is 3. The number of Topliss-reactive ketones (excluding diaryl/α,β-unsaturated/α-hetero) is 1. The first-order chi connectivity index (χ1) is 19.5. The van der Waals surface area contributed by atoms with Crippen LogP contribution in [-0.4, -0.2) is 16.8 Å². The number of para-hydroxylation sites is 1. The number of hydrogen-bond acceptors (Lipinski definition) is 3. The fourth-order valence-electron chi connectivity index (χ4n) is 6.81. The van der Waals surface area contributed by atoms with Gasteiger partial charge in [0.15, 0.2) is 0 Å². The molecular weight excluding hydrogens is 527 g/mol. The highest BCUT2D eigenvalue weighted by atomic mass is 19.4. The Morgan fingerprint density at radius 3 is 2.37 bits per heavy atom. The molecule has 2 aromatic carbocycles. The molecule has 0 aromatic heterocycles. The zero-order valence-electron chi connectivity index (χ0n) is 24.4. The zero-order valence-corrected chi connectivity index (χ0v) is 24.4. The predicted molar refractivity (Wildman–Crippen MR) is 156 cm³/mol. The molecule has 1 saturated carbocycles. The average molecular weight is 572 g/mol. The third-order valence-corrected chi connectivity index (χ3v) is 9.39. The number of amides is 1. The molecular formula is C34H44F3NO3. The van der Waals surface area contributed by atoms with E-state index in [4.69, 9.17) is 0 Å². The summed E-state index contributed by atoms with van der Waals surface area (Å²) in [5, 5.41) is 12.9. The largest absolute Gasteiger partial charge is 0.507 e. The van der Waals surface area contributed by atoms with Crippen molar-refractivity contribution >= 4 is 17.4 Å². The van der Waals surface area contributed by atoms with Crippen LogP contribution >= 0.6 is 0 Å². The van der Waals surface area contributed by atoms with Gasteiger partial charge in [0.2, 0.25) is 5.91 Å². The summed E-state index contributed by atoms with van der Waals surface area (Å²) in [6.07, 6.45) is 8.34. The molecule has 2 N–H and O–H groups in total. The number of aryl methyl sites for hydroxylation is 1. The Bertz CT molecular complexity index is 1200. The number of benzene rings is 2. The van der Waals surface area contributed by atoms with E-state index in [1.807, 2.05) is 18.2 Å². The van der Waals surface area contributed by atoms with Crippen molar-refractivity contribution in [3.8, 4) is 5.75 Å². The van der Waals surface area contributed by atoms with E-state index in [0.717, 1.165) is 56.2 Å². The maximum absolute atomic E-state index is 13.3. The van der Waals surface area contributed by atoms with Gasteiger partial charge < -0.3 is 10.4 Å². The highest BCUT2D eigenvalue weighted by molar-refractivity contribution is 5.95. The van der Waals surface area contributed by atoms with Crippen LogP contribution in [0.4, 0.5) is 18.9 Å². The number of nitrogens with one attached hydrogen (secondary N) is 1. The Hall–Kier alpha value is -2.83.